The number of aryl methyl sites for hydroxylation is 1. The standard InChI is InChI=1S/C12H15BrN2O/c1-9-11(13)5-6-12(14-9)15-7-3-2-4-10(15)8-16/h5-6,8,10H,2-4,7H2,1H3. The van der Waals surface area contributed by atoms with Gasteiger partial charge in [0.15, 0.2) is 0 Å². The van der Waals surface area contributed by atoms with E-state index in [1.165, 1.54) is 0 Å². The molecule has 16 heavy (non-hydrogen) atoms. The van der Waals surface area contributed by atoms with E-state index >= 15 is 0 Å². The monoisotopic (exact) mass is 282 g/mol. The third-order valence-electron chi connectivity index (χ3n) is 3.01. The lowest BCUT2D eigenvalue weighted by molar-refractivity contribution is -0.109. The fourth-order valence-electron chi connectivity index (χ4n) is 2.07. The van der Waals surface area contributed by atoms with E-state index in [0.29, 0.717) is 0 Å². The highest BCUT2D eigenvalue weighted by Crippen LogP contribution is 2.24. The highest BCUT2D eigenvalue weighted by atomic mass is 79.9. The Labute approximate surface area is 104 Å². The van der Waals surface area contributed by atoms with E-state index in [1.807, 2.05) is 19.1 Å². The van der Waals surface area contributed by atoms with Crippen LogP contribution >= 0.6 is 15.9 Å². The van der Waals surface area contributed by atoms with E-state index in [2.05, 4.69) is 25.8 Å². The van der Waals surface area contributed by atoms with Crippen molar-refractivity contribution >= 4 is 28.0 Å². The number of hydrogen-bond acceptors (Lipinski definition) is 3. The first-order valence-corrected chi connectivity index (χ1v) is 6.37. The molecule has 0 saturated carbocycles. The van der Waals surface area contributed by atoms with Gasteiger partial charge in [0.05, 0.1) is 11.7 Å². The number of aromatic nitrogens is 1. The number of aldehydes is 1. The van der Waals surface area contributed by atoms with E-state index in [1.54, 1.807) is 0 Å². The predicted molar refractivity (Wildman–Crippen MR) is 67.7 cm³/mol. The molecule has 4 heteroatoms. The maximum Gasteiger partial charge on any atom is 0.142 e. The molecular weight excluding hydrogens is 268 g/mol. The molecule has 0 bridgehead atoms. The normalized spacial score (nSPS) is 20.9. The Kier molecular flexibility index (Phi) is 3.59. The minimum absolute atomic E-state index is 0.00169. The SMILES string of the molecule is Cc1nc(N2CCCCC2C=O)ccc1Br. The van der Waals surface area contributed by atoms with E-state index in [4.69, 9.17) is 0 Å². The summed E-state index contributed by atoms with van der Waals surface area (Å²) in [5.74, 6) is 0.914. The van der Waals surface area contributed by atoms with E-state index in [-0.39, 0.29) is 6.04 Å². The van der Waals surface area contributed by atoms with E-state index in [9.17, 15) is 4.79 Å². The number of rotatable bonds is 2. The van der Waals surface area contributed by atoms with Crippen molar-refractivity contribution in [2.45, 2.75) is 32.2 Å². The molecule has 2 rings (SSSR count). The average molecular weight is 283 g/mol. The summed E-state index contributed by atoms with van der Waals surface area (Å²) >= 11 is 3.43. The zero-order valence-corrected chi connectivity index (χ0v) is 10.9. The predicted octanol–water partition coefficient (Wildman–Crippen LogP) is 2.71. The van der Waals surface area contributed by atoms with Crippen molar-refractivity contribution < 1.29 is 4.79 Å². The number of carbonyl (C=O) groups is 1. The summed E-state index contributed by atoms with van der Waals surface area (Å²) in [6, 6.07) is 3.97. The van der Waals surface area contributed by atoms with Gasteiger partial charge in [0.2, 0.25) is 0 Å². The molecular formula is C12H15BrN2O. The zero-order chi connectivity index (χ0) is 11.5. The third kappa shape index (κ3) is 2.26. The average Bonchev–Trinajstić information content (AvgIpc) is 2.32. The Balaban J connectivity index is 2.27. The molecule has 0 amide bonds. The molecule has 1 aromatic rings. The molecule has 0 radical (unpaired) electrons. The molecule has 0 aromatic carbocycles. The fraction of sp³-hybridized carbons (Fsp3) is 0.500. The minimum Gasteiger partial charge on any atom is -0.347 e. The summed E-state index contributed by atoms with van der Waals surface area (Å²) in [4.78, 5) is 17.6. The van der Waals surface area contributed by atoms with Crippen molar-refractivity contribution in [1.29, 1.82) is 0 Å². The molecule has 3 nitrogen and oxygen atoms in total. The fourth-order valence-corrected chi connectivity index (χ4v) is 2.29. The number of pyridine rings is 1. The van der Waals surface area contributed by atoms with Gasteiger partial charge in [0.25, 0.3) is 0 Å². The van der Waals surface area contributed by atoms with Crippen LogP contribution in [-0.4, -0.2) is 23.9 Å². The van der Waals surface area contributed by atoms with Crippen molar-refractivity contribution in [2.24, 2.45) is 0 Å². The van der Waals surface area contributed by atoms with Crippen molar-refractivity contribution in [1.82, 2.24) is 4.98 Å². The van der Waals surface area contributed by atoms with Crippen LogP contribution in [0.2, 0.25) is 0 Å². The van der Waals surface area contributed by atoms with Crippen LogP contribution < -0.4 is 4.90 Å². The summed E-state index contributed by atoms with van der Waals surface area (Å²) in [6.45, 7) is 2.89. The summed E-state index contributed by atoms with van der Waals surface area (Å²) in [5.41, 5.74) is 0.965. The van der Waals surface area contributed by atoms with Crippen LogP contribution in [0.5, 0.6) is 0 Å². The first kappa shape index (κ1) is 11.6. The highest BCUT2D eigenvalue weighted by molar-refractivity contribution is 9.10. The maximum absolute atomic E-state index is 11.0. The van der Waals surface area contributed by atoms with Crippen LogP contribution in [0.4, 0.5) is 5.82 Å². The smallest absolute Gasteiger partial charge is 0.142 e. The largest absolute Gasteiger partial charge is 0.347 e. The number of anilines is 1. The van der Waals surface area contributed by atoms with Crippen LogP contribution in [0.15, 0.2) is 16.6 Å². The highest BCUT2D eigenvalue weighted by Gasteiger charge is 2.22. The Morgan fingerprint density at radius 1 is 1.50 bits per heavy atom. The van der Waals surface area contributed by atoms with Gasteiger partial charge in [0.1, 0.15) is 12.1 Å². The zero-order valence-electron chi connectivity index (χ0n) is 9.32. The molecule has 1 aliphatic rings. The van der Waals surface area contributed by atoms with Gasteiger partial charge in [-0.2, -0.15) is 0 Å². The molecule has 86 valence electrons. The van der Waals surface area contributed by atoms with E-state index in [0.717, 1.165) is 48.1 Å². The molecule has 0 spiro atoms. The van der Waals surface area contributed by atoms with Crippen LogP contribution in [0.1, 0.15) is 25.0 Å². The van der Waals surface area contributed by atoms with Gasteiger partial charge in [-0.05, 0) is 54.2 Å². The third-order valence-corrected chi connectivity index (χ3v) is 3.85. The Morgan fingerprint density at radius 2 is 2.31 bits per heavy atom. The van der Waals surface area contributed by atoms with Crippen LogP contribution in [0.25, 0.3) is 0 Å². The number of hydrogen-bond donors (Lipinski definition) is 0. The van der Waals surface area contributed by atoms with Gasteiger partial charge < -0.3 is 9.69 Å². The quantitative estimate of drug-likeness (QED) is 0.782. The van der Waals surface area contributed by atoms with Crippen molar-refractivity contribution in [3.8, 4) is 0 Å². The Hall–Kier alpha value is -0.900. The number of halogens is 1. The van der Waals surface area contributed by atoms with E-state index < -0.39 is 0 Å². The molecule has 0 aliphatic carbocycles. The van der Waals surface area contributed by atoms with Crippen molar-refractivity contribution in [3.63, 3.8) is 0 Å². The first-order valence-electron chi connectivity index (χ1n) is 5.57. The van der Waals surface area contributed by atoms with Gasteiger partial charge in [-0.1, -0.05) is 0 Å². The molecule has 2 heterocycles. The van der Waals surface area contributed by atoms with Crippen LogP contribution in [0.3, 0.4) is 0 Å². The summed E-state index contributed by atoms with van der Waals surface area (Å²) in [7, 11) is 0. The van der Waals surface area contributed by atoms with Gasteiger partial charge in [-0.15, -0.1) is 0 Å². The minimum atomic E-state index is 0.00169. The Bertz CT molecular complexity index is 395. The molecule has 1 atom stereocenters. The van der Waals surface area contributed by atoms with Gasteiger partial charge in [-0.3, -0.25) is 0 Å². The molecule has 1 unspecified atom stereocenters. The summed E-state index contributed by atoms with van der Waals surface area (Å²) in [5, 5.41) is 0. The number of piperidine rings is 1. The van der Waals surface area contributed by atoms with Crippen molar-refractivity contribution in [3.05, 3.63) is 22.3 Å². The lowest BCUT2D eigenvalue weighted by atomic mass is 10.0. The lowest BCUT2D eigenvalue weighted by Crippen LogP contribution is -2.41. The van der Waals surface area contributed by atoms with Gasteiger partial charge in [0, 0.05) is 11.0 Å². The molecule has 0 N–H and O–H groups in total. The number of nitrogens with zero attached hydrogens (tertiary/aromatic N) is 2. The first-order chi connectivity index (χ1) is 7.72. The molecule has 1 aromatic heterocycles. The Morgan fingerprint density at radius 3 is 3.00 bits per heavy atom. The van der Waals surface area contributed by atoms with Gasteiger partial charge >= 0.3 is 0 Å². The van der Waals surface area contributed by atoms with Crippen LogP contribution in [0, 0.1) is 6.92 Å². The number of carbonyl (C=O) groups excluding carboxylic acids is 1. The lowest BCUT2D eigenvalue weighted by Gasteiger charge is -2.33. The second kappa shape index (κ2) is 4.95. The molecule has 1 aliphatic heterocycles. The maximum atomic E-state index is 11.0. The summed E-state index contributed by atoms with van der Waals surface area (Å²) in [6.07, 6.45) is 4.26. The van der Waals surface area contributed by atoms with Gasteiger partial charge in [-0.25, -0.2) is 4.98 Å². The molecule has 1 saturated heterocycles. The topological polar surface area (TPSA) is 33.2 Å². The second-order valence-electron chi connectivity index (χ2n) is 4.13. The van der Waals surface area contributed by atoms with Crippen molar-refractivity contribution in [2.75, 3.05) is 11.4 Å². The second-order valence-corrected chi connectivity index (χ2v) is 4.98. The summed E-state index contributed by atoms with van der Waals surface area (Å²) < 4.78 is 1.01. The van der Waals surface area contributed by atoms with Crippen LogP contribution in [-0.2, 0) is 4.79 Å². The molecule has 1 fully saturated rings.